The number of rotatable bonds is 10. The molecule has 0 radical (unpaired) electrons. The number of benzene rings is 1. The van der Waals surface area contributed by atoms with Gasteiger partial charge in [0, 0.05) is 54.8 Å². The number of alkyl halides is 2. The quantitative estimate of drug-likeness (QED) is 0.219. The molecule has 0 bridgehead atoms. The molecule has 240 valence electrons. The fourth-order valence-electron chi connectivity index (χ4n) is 6.05. The summed E-state index contributed by atoms with van der Waals surface area (Å²) >= 11 is 1.44. The zero-order valence-electron chi connectivity index (χ0n) is 25.0. The highest BCUT2D eigenvalue weighted by Gasteiger charge is 2.29. The van der Waals surface area contributed by atoms with Crippen molar-refractivity contribution >= 4 is 29.0 Å². The van der Waals surface area contributed by atoms with Gasteiger partial charge in [-0.3, -0.25) is 14.4 Å². The molecule has 46 heavy (non-hydrogen) atoms. The second kappa shape index (κ2) is 13.1. The molecule has 1 unspecified atom stereocenters. The summed E-state index contributed by atoms with van der Waals surface area (Å²) in [4.78, 5) is 21.1. The van der Waals surface area contributed by atoms with Crippen molar-refractivity contribution in [2.24, 2.45) is 0 Å². The fourth-order valence-corrected chi connectivity index (χ4v) is 6.49. The van der Waals surface area contributed by atoms with Crippen LogP contribution in [0.2, 0.25) is 0 Å². The first-order valence-corrected chi connectivity index (χ1v) is 16.2. The lowest BCUT2D eigenvalue weighted by atomic mass is 10.0. The van der Waals surface area contributed by atoms with Crippen LogP contribution in [0.5, 0.6) is 5.75 Å². The molecule has 2 fully saturated rings. The van der Waals surface area contributed by atoms with E-state index in [9.17, 15) is 13.6 Å². The summed E-state index contributed by atoms with van der Waals surface area (Å²) < 4.78 is 42.3. The van der Waals surface area contributed by atoms with Crippen LogP contribution in [-0.4, -0.2) is 95.4 Å². The second-order valence-electron chi connectivity index (χ2n) is 11.2. The molecular formula is C30H32F2N10O3S. The molecule has 0 spiro atoms. The summed E-state index contributed by atoms with van der Waals surface area (Å²) in [5.74, 6) is -0.541. The summed E-state index contributed by atoms with van der Waals surface area (Å²) in [7, 11) is 0. The highest BCUT2D eigenvalue weighted by molar-refractivity contribution is 7.98. The van der Waals surface area contributed by atoms with Crippen molar-refractivity contribution in [2.45, 2.75) is 49.4 Å². The van der Waals surface area contributed by atoms with Crippen molar-refractivity contribution in [3.8, 4) is 17.0 Å². The molecule has 2 saturated heterocycles. The maximum atomic E-state index is 13.5. The Labute approximate surface area is 266 Å². The van der Waals surface area contributed by atoms with E-state index in [0.29, 0.717) is 28.6 Å². The number of hydrogen-bond donors (Lipinski definition) is 1. The van der Waals surface area contributed by atoms with Gasteiger partial charge in [-0.05, 0) is 49.8 Å². The Balaban J connectivity index is 1.16. The maximum absolute atomic E-state index is 13.5. The van der Waals surface area contributed by atoms with E-state index in [1.54, 1.807) is 41.5 Å². The van der Waals surface area contributed by atoms with Crippen LogP contribution in [0.4, 0.5) is 14.5 Å². The molecule has 1 atom stereocenters. The first kappa shape index (κ1) is 30.3. The summed E-state index contributed by atoms with van der Waals surface area (Å²) in [5.41, 5.74) is 2.16. The van der Waals surface area contributed by atoms with Crippen molar-refractivity contribution in [1.29, 1.82) is 0 Å². The van der Waals surface area contributed by atoms with E-state index in [-0.39, 0.29) is 29.6 Å². The summed E-state index contributed by atoms with van der Waals surface area (Å²) in [6.45, 7) is 0.808. The van der Waals surface area contributed by atoms with Gasteiger partial charge in [0.1, 0.15) is 22.7 Å². The van der Waals surface area contributed by atoms with Crippen LogP contribution >= 0.6 is 11.8 Å². The van der Waals surface area contributed by atoms with Gasteiger partial charge in [-0.25, -0.2) is 14.2 Å². The first-order valence-electron chi connectivity index (χ1n) is 15.0. The van der Waals surface area contributed by atoms with Crippen LogP contribution in [0.25, 0.3) is 16.9 Å². The number of nitrogens with zero attached hydrogens (tertiary/aromatic N) is 9. The molecular weight excluding hydrogens is 618 g/mol. The summed E-state index contributed by atoms with van der Waals surface area (Å²) in [5, 5.41) is 20.6. The predicted octanol–water partition coefficient (Wildman–Crippen LogP) is 4.23. The maximum Gasteiger partial charge on any atom is 0.387 e. The first-order chi connectivity index (χ1) is 22.4. The number of nitrogens with one attached hydrogen (secondary N) is 1. The van der Waals surface area contributed by atoms with E-state index >= 15 is 0 Å². The van der Waals surface area contributed by atoms with Gasteiger partial charge in [0.15, 0.2) is 5.65 Å². The van der Waals surface area contributed by atoms with Crippen LogP contribution in [0.15, 0.2) is 60.1 Å². The van der Waals surface area contributed by atoms with Crippen LogP contribution < -0.4 is 10.1 Å². The van der Waals surface area contributed by atoms with Gasteiger partial charge in [0.2, 0.25) is 0 Å². The van der Waals surface area contributed by atoms with E-state index in [1.165, 1.54) is 28.5 Å². The van der Waals surface area contributed by atoms with Gasteiger partial charge in [0.05, 0.1) is 37.3 Å². The molecule has 16 heteroatoms. The SMILES string of the molecule is CSc1ccc(OC(F)F)c(-c2nn(Cc3cn(C4CCN(C5CCOC5)CC4)nn3)cc2NC(=O)c2cnn3cccnc23)c1. The number of hydrogen-bond acceptors (Lipinski definition) is 10. The predicted molar refractivity (Wildman–Crippen MR) is 165 cm³/mol. The Morgan fingerprint density at radius 2 is 2.07 bits per heavy atom. The number of anilines is 1. The molecule has 13 nitrogen and oxygen atoms in total. The highest BCUT2D eigenvalue weighted by Crippen LogP contribution is 2.38. The molecule has 5 aromatic rings. The van der Waals surface area contributed by atoms with E-state index in [1.807, 2.05) is 17.1 Å². The summed E-state index contributed by atoms with van der Waals surface area (Å²) in [6, 6.07) is 7.33. The monoisotopic (exact) mass is 650 g/mol. The molecule has 2 aliphatic rings. The molecule has 1 N–H and O–H groups in total. The highest BCUT2D eigenvalue weighted by atomic mass is 32.2. The third-order valence-corrected chi connectivity index (χ3v) is 9.09. The Morgan fingerprint density at radius 1 is 1.20 bits per heavy atom. The third kappa shape index (κ3) is 6.32. The zero-order valence-corrected chi connectivity index (χ0v) is 25.8. The van der Waals surface area contributed by atoms with Gasteiger partial charge in [0.25, 0.3) is 5.91 Å². The zero-order chi connectivity index (χ0) is 31.6. The standard InChI is InChI=1S/C30H32F2N10O3S/c1-46-22-3-4-26(45-30(31)32)23(13-22)27-25(35-29(43)24-14-34-41-9-2-8-33-28(24)41)17-40(37-27)15-19-16-42(38-36-19)20-5-10-39(11-6-20)21-7-12-44-18-21/h2-4,8-9,13-14,16-17,20-21,30H,5-7,10-12,15,18H2,1H3,(H,35,43). The van der Waals surface area contributed by atoms with Crippen molar-refractivity contribution in [2.75, 3.05) is 37.9 Å². The lowest BCUT2D eigenvalue weighted by molar-refractivity contribution is -0.0494. The summed E-state index contributed by atoms with van der Waals surface area (Å²) in [6.07, 6.45) is 13.1. The molecule has 4 aromatic heterocycles. The number of halogens is 2. The number of carbonyl (C=O) groups is 1. The molecule has 1 amide bonds. The average Bonchev–Trinajstić information content (AvgIpc) is 3.89. The number of likely N-dealkylation sites (tertiary alicyclic amines) is 1. The van der Waals surface area contributed by atoms with Crippen LogP contribution in [0.1, 0.15) is 41.4 Å². The molecule has 0 saturated carbocycles. The minimum atomic E-state index is -3.04. The minimum absolute atomic E-state index is 0.0624. The third-order valence-electron chi connectivity index (χ3n) is 8.37. The van der Waals surface area contributed by atoms with Gasteiger partial charge >= 0.3 is 6.61 Å². The Hall–Kier alpha value is -4.41. The smallest absolute Gasteiger partial charge is 0.387 e. The second-order valence-corrected chi connectivity index (χ2v) is 12.1. The van der Waals surface area contributed by atoms with Crippen molar-refractivity contribution < 1.29 is 23.0 Å². The lowest BCUT2D eigenvalue weighted by Crippen LogP contribution is -2.42. The molecule has 0 aliphatic carbocycles. The number of thioether (sulfide) groups is 1. The van der Waals surface area contributed by atoms with Crippen LogP contribution in [-0.2, 0) is 11.3 Å². The largest absolute Gasteiger partial charge is 0.434 e. The van der Waals surface area contributed by atoms with E-state index in [2.05, 4.69) is 30.6 Å². The number of amides is 1. The number of aromatic nitrogens is 8. The normalized spacial score (nSPS) is 17.7. The topological polar surface area (TPSA) is 130 Å². The lowest BCUT2D eigenvalue weighted by Gasteiger charge is -2.35. The molecule has 1 aromatic carbocycles. The number of fused-ring (bicyclic) bond motifs is 1. The fraction of sp³-hybridized carbons (Fsp3) is 0.400. The van der Waals surface area contributed by atoms with E-state index < -0.39 is 12.5 Å². The minimum Gasteiger partial charge on any atom is -0.434 e. The van der Waals surface area contributed by atoms with Crippen molar-refractivity contribution in [3.05, 3.63) is 66.5 Å². The number of carbonyl (C=O) groups excluding carboxylic acids is 1. The van der Waals surface area contributed by atoms with Crippen LogP contribution in [0, 0.1) is 0 Å². The molecule has 7 rings (SSSR count). The van der Waals surface area contributed by atoms with E-state index in [4.69, 9.17) is 14.6 Å². The van der Waals surface area contributed by atoms with Gasteiger partial charge in [-0.15, -0.1) is 16.9 Å². The molecule has 6 heterocycles. The van der Waals surface area contributed by atoms with Crippen molar-refractivity contribution in [1.82, 2.24) is 44.3 Å². The average molecular weight is 651 g/mol. The number of piperidine rings is 1. The Morgan fingerprint density at radius 3 is 2.85 bits per heavy atom. The van der Waals surface area contributed by atoms with Gasteiger partial charge in [-0.2, -0.15) is 19.0 Å². The Bertz CT molecular complexity index is 1830. The van der Waals surface area contributed by atoms with E-state index in [0.717, 1.165) is 50.5 Å². The Kier molecular flexibility index (Phi) is 8.64. The number of ether oxygens (including phenoxy) is 2. The molecule has 2 aliphatic heterocycles. The van der Waals surface area contributed by atoms with Gasteiger partial charge in [-0.1, -0.05) is 5.21 Å². The van der Waals surface area contributed by atoms with Crippen LogP contribution in [0.3, 0.4) is 0 Å². The van der Waals surface area contributed by atoms with Gasteiger partial charge < -0.3 is 14.8 Å². The van der Waals surface area contributed by atoms with Crippen molar-refractivity contribution in [3.63, 3.8) is 0 Å².